The zero-order chi connectivity index (χ0) is 22.5. The molecule has 0 radical (unpaired) electrons. The molecule has 1 aliphatic rings. The van der Waals surface area contributed by atoms with Crippen LogP contribution in [-0.4, -0.2) is 73.8 Å². The molecular formula is C15H18F3NO10. The second kappa shape index (κ2) is 9.54. The zero-order valence-corrected chi connectivity index (χ0v) is 15.6. The van der Waals surface area contributed by atoms with E-state index in [1.165, 1.54) is 0 Å². The summed E-state index contributed by atoms with van der Waals surface area (Å²) in [5.74, 6) is -6.51. The third-order valence-electron chi connectivity index (χ3n) is 3.33. The van der Waals surface area contributed by atoms with Crippen molar-refractivity contribution in [2.24, 2.45) is 0 Å². The van der Waals surface area contributed by atoms with Gasteiger partial charge in [-0.05, 0) is 0 Å². The average Bonchev–Trinajstić information content (AvgIpc) is 2.56. The van der Waals surface area contributed by atoms with Gasteiger partial charge in [0.2, 0.25) is 12.4 Å². The largest absolute Gasteiger partial charge is 0.467 e. The molecule has 29 heavy (non-hydrogen) atoms. The van der Waals surface area contributed by atoms with Gasteiger partial charge in [-0.1, -0.05) is 0 Å². The molecule has 0 unspecified atom stereocenters. The third kappa shape index (κ3) is 6.58. The van der Waals surface area contributed by atoms with Crippen molar-refractivity contribution in [2.75, 3.05) is 7.11 Å². The van der Waals surface area contributed by atoms with Gasteiger partial charge in [-0.2, -0.15) is 13.2 Å². The van der Waals surface area contributed by atoms with Crippen LogP contribution in [0.2, 0.25) is 0 Å². The van der Waals surface area contributed by atoms with Crippen molar-refractivity contribution in [2.45, 2.75) is 57.7 Å². The van der Waals surface area contributed by atoms with Crippen LogP contribution in [0.5, 0.6) is 0 Å². The number of carbonyl (C=O) groups is 4. The predicted octanol–water partition coefficient (Wildman–Crippen LogP) is 0.236. The molecule has 1 aliphatic heterocycles. The van der Waals surface area contributed by atoms with Crippen molar-refractivity contribution >= 4 is 29.8 Å². The molecule has 0 bridgehead atoms. The number of hydrogen-bond donors (Lipinski definition) is 1. The number of alkyl halides is 3. The number of nitrogens with one attached hydrogen (secondary N) is 1. The maximum Gasteiger partial charge on any atom is 0.467 e. The topological polar surface area (TPSA) is 148 Å². The maximum absolute atomic E-state index is 12.7. The minimum atomic E-state index is -5.24. The molecule has 0 amide bonds. The number of hydrogen-bond acceptors (Lipinski definition) is 11. The normalized spacial score (nSPS) is 26.7. The van der Waals surface area contributed by atoms with E-state index in [2.05, 4.69) is 9.47 Å². The highest BCUT2D eigenvalue weighted by Crippen LogP contribution is 2.31. The lowest BCUT2D eigenvalue weighted by atomic mass is 9.97. The molecule has 0 aromatic heterocycles. The Bertz CT molecular complexity index is 680. The fourth-order valence-electron chi connectivity index (χ4n) is 2.36. The van der Waals surface area contributed by atoms with Crippen molar-refractivity contribution in [3.63, 3.8) is 0 Å². The highest BCUT2D eigenvalue weighted by atomic mass is 19.4. The molecule has 0 aromatic rings. The van der Waals surface area contributed by atoms with Crippen LogP contribution in [0.4, 0.5) is 13.2 Å². The van der Waals surface area contributed by atoms with Gasteiger partial charge in [0.15, 0.2) is 18.3 Å². The van der Waals surface area contributed by atoms with Crippen LogP contribution in [0, 0.1) is 5.41 Å². The van der Waals surface area contributed by atoms with E-state index in [-0.39, 0.29) is 0 Å². The molecule has 1 heterocycles. The van der Waals surface area contributed by atoms with Gasteiger partial charge in [-0.3, -0.25) is 19.8 Å². The quantitative estimate of drug-likeness (QED) is 0.279. The van der Waals surface area contributed by atoms with Crippen LogP contribution in [0.1, 0.15) is 20.8 Å². The van der Waals surface area contributed by atoms with Gasteiger partial charge >= 0.3 is 30.1 Å². The Hall–Kier alpha value is -2.90. The molecule has 14 heteroatoms. The lowest BCUT2D eigenvalue weighted by Crippen LogP contribution is -2.64. The second-order valence-corrected chi connectivity index (χ2v) is 5.62. The first-order valence-electron chi connectivity index (χ1n) is 7.85. The van der Waals surface area contributed by atoms with Crippen LogP contribution >= 0.6 is 0 Å². The molecule has 0 aromatic carbocycles. The second-order valence-electron chi connectivity index (χ2n) is 5.62. The van der Waals surface area contributed by atoms with Crippen molar-refractivity contribution in [3.8, 4) is 0 Å². The monoisotopic (exact) mass is 429 g/mol. The number of methoxy groups -OCH3 is 1. The molecule has 0 spiro atoms. The van der Waals surface area contributed by atoms with Gasteiger partial charge in [0.05, 0.1) is 7.11 Å². The van der Waals surface area contributed by atoms with Crippen molar-refractivity contribution in [1.29, 1.82) is 5.41 Å². The molecule has 0 aliphatic carbocycles. The lowest BCUT2D eigenvalue weighted by molar-refractivity contribution is -0.289. The van der Waals surface area contributed by atoms with Gasteiger partial charge in [0.25, 0.3) is 5.90 Å². The van der Waals surface area contributed by atoms with Crippen molar-refractivity contribution in [3.05, 3.63) is 0 Å². The fraction of sp³-hybridized carbons (Fsp3) is 0.667. The van der Waals surface area contributed by atoms with E-state index >= 15 is 0 Å². The summed E-state index contributed by atoms with van der Waals surface area (Å²) >= 11 is 0. The highest BCUT2D eigenvalue weighted by Gasteiger charge is 2.57. The summed E-state index contributed by atoms with van der Waals surface area (Å²) in [4.78, 5) is 46.4. The molecule has 1 N–H and O–H groups in total. The Labute approximate surface area is 161 Å². The third-order valence-corrected chi connectivity index (χ3v) is 3.33. The lowest BCUT2D eigenvalue weighted by Gasteiger charge is -2.43. The molecule has 0 saturated carbocycles. The van der Waals surface area contributed by atoms with Gasteiger partial charge in [0, 0.05) is 20.8 Å². The Morgan fingerprint density at radius 1 is 0.828 bits per heavy atom. The SMILES string of the molecule is COC(=O)[C@H]1O[C@H](OC(=N)C(F)(F)F)[C@H](OC(C)=O)[C@@H](OC(C)=O)[C@@H]1OC(C)=O. The summed E-state index contributed by atoms with van der Waals surface area (Å²) in [6, 6.07) is 0. The van der Waals surface area contributed by atoms with Gasteiger partial charge in [-0.15, -0.1) is 0 Å². The highest BCUT2D eigenvalue weighted by molar-refractivity contribution is 5.79. The molecule has 5 atom stereocenters. The summed E-state index contributed by atoms with van der Waals surface area (Å²) in [5.41, 5.74) is 0. The van der Waals surface area contributed by atoms with E-state index in [1.54, 1.807) is 0 Å². The molecular weight excluding hydrogens is 411 g/mol. The smallest absolute Gasteiger partial charge is 0.467 e. The summed E-state index contributed by atoms with van der Waals surface area (Å²) in [6.45, 7) is 2.72. The summed E-state index contributed by atoms with van der Waals surface area (Å²) in [7, 11) is 0.906. The molecule has 164 valence electrons. The summed E-state index contributed by atoms with van der Waals surface area (Å²) in [5, 5.41) is 6.96. The Morgan fingerprint density at radius 2 is 1.28 bits per heavy atom. The Morgan fingerprint density at radius 3 is 1.69 bits per heavy atom. The Kier molecular flexibility index (Phi) is 7.94. The van der Waals surface area contributed by atoms with Crippen LogP contribution in [-0.2, 0) is 47.6 Å². The van der Waals surface area contributed by atoms with Crippen LogP contribution in [0.15, 0.2) is 0 Å². The summed E-state index contributed by atoms with van der Waals surface area (Å²) < 4.78 is 66.7. The van der Waals surface area contributed by atoms with E-state index < -0.39 is 66.7 Å². The number of ether oxygens (including phenoxy) is 6. The van der Waals surface area contributed by atoms with Crippen molar-refractivity contribution < 1.29 is 60.8 Å². The first-order chi connectivity index (χ1) is 13.3. The molecule has 1 saturated heterocycles. The van der Waals surface area contributed by atoms with Gasteiger partial charge < -0.3 is 28.4 Å². The van der Waals surface area contributed by atoms with E-state index in [0.717, 1.165) is 27.9 Å². The number of esters is 4. The van der Waals surface area contributed by atoms with E-state index in [0.29, 0.717) is 0 Å². The van der Waals surface area contributed by atoms with Gasteiger partial charge in [-0.25, -0.2) is 4.79 Å². The summed E-state index contributed by atoms with van der Waals surface area (Å²) in [6.07, 6.45) is -14.9. The number of carbonyl (C=O) groups excluding carboxylic acids is 4. The standard InChI is InChI=1S/C15H18F3NO10/c1-5(20)25-8-9(26-6(2)21)11(27-7(3)22)13(28-10(8)12(23)24-4)29-14(19)15(16,17)18/h8-11,13,19H,1-4H3/t8-,9-,10-,11+,13+/m0/s1. The minimum Gasteiger partial charge on any atom is -0.467 e. The first kappa shape index (κ1) is 24.1. The first-order valence-corrected chi connectivity index (χ1v) is 7.85. The molecule has 1 rings (SSSR count). The fourth-order valence-corrected chi connectivity index (χ4v) is 2.36. The van der Waals surface area contributed by atoms with Crippen LogP contribution in [0.25, 0.3) is 0 Å². The van der Waals surface area contributed by atoms with E-state index in [4.69, 9.17) is 24.4 Å². The minimum absolute atomic E-state index is 0.879. The Balaban J connectivity index is 3.44. The zero-order valence-electron chi connectivity index (χ0n) is 15.6. The number of halogens is 3. The van der Waals surface area contributed by atoms with Crippen molar-refractivity contribution in [1.82, 2.24) is 0 Å². The predicted molar refractivity (Wildman–Crippen MR) is 82.2 cm³/mol. The van der Waals surface area contributed by atoms with E-state index in [9.17, 15) is 32.3 Å². The number of rotatable bonds is 5. The van der Waals surface area contributed by atoms with Gasteiger partial charge in [0.1, 0.15) is 0 Å². The molecule has 1 fully saturated rings. The van der Waals surface area contributed by atoms with E-state index in [1.807, 2.05) is 0 Å². The average molecular weight is 429 g/mol. The van der Waals surface area contributed by atoms with Crippen LogP contribution < -0.4 is 0 Å². The maximum atomic E-state index is 12.7. The van der Waals surface area contributed by atoms with Crippen LogP contribution in [0.3, 0.4) is 0 Å². The molecule has 11 nitrogen and oxygen atoms in total.